The van der Waals surface area contributed by atoms with Gasteiger partial charge in [0.2, 0.25) is 0 Å². The van der Waals surface area contributed by atoms with Crippen molar-refractivity contribution in [2.45, 2.75) is 271 Å². The second kappa shape index (κ2) is 50.0. The highest BCUT2D eigenvalue weighted by atomic mass is 16.6. The van der Waals surface area contributed by atoms with Crippen LogP contribution >= 0.6 is 0 Å². The van der Waals surface area contributed by atoms with Gasteiger partial charge in [0, 0.05) is 19.3 Å². The molecule has 0 heterocycles. The van der Waals surface area contributed by atoms with E-state index in [9.17, 15) is 14.4 Å². The Morgan fingerprint density at radius 1 is 0.328 bits per heavy atom. The van der Waals surface area contributed by atoms with E-state index in [1.165, 1.54) is 154 Å². The third-order valence-electron chi connectivity index (χ3n) is 11.3. The summed E-state index contributed by atoms with van der Waals surface area (Å²) in [5.74, 6) is -0.938. The zero-order valence-electron chi connectivity index (χ0n) is 40.4. The maximum atomic E-state index is 12.8. The van der Waals surface area contributed by atoms with Crippen LogP contribution in [0.4, 0.5) is 0 Å². The summed E-state index contributed by atoms with van der Waals surface area (Å²) in [6.45, 7) is 6.58. The number of unbranched alkanes of at least 4 members (excludes halogenated alkanes) is 28. The van der Waals surface area contributed by atoms with Crippen molar-refractivity contribution in [1.29, 1.82) is 0 Å². The van der Waals surface area contributed by atoms with Crippen molar-refractivity contribution >= 4 is 17.9 Å². The molecule has 0 aromatic heterocycles. The van der Waals surface area contributed by atoms with Gasteiger partial charge < -0.3 is 14.2 Å². The van der Waals surface area contributed by atoms with Crippen molar-refractivity contribution in [2.75, 3.05) is 13.2 Å². The smallest absolute Gasteiger partial charge is 0.306 e. The molecule has 0 unspecified atom stereocenters. The van der Waals surface area contributed by atoms with Gasteiger partial charge in [-0.15, -0.1) is 0 Å². The number of esters is 3. The van der Waals surface area contributed by atoms with Crippen molar-refractivity contribution in [2.24, 2.45) is 0 Å². The molecule has 0 radical (unpaired) electrons. The van der Waals surface area contributed by atoms with Crippen LogP contribution in [0.3, 0.4) is 0 Å². The summed E-state index contributed by atoms with van der Waals surface area (Å²) in [7, 11) is 0. The van der Waals surface area contributed by atoms with Gasteiger partial charge in [-0.2, -0.15) is 0 Å². The van der Waals surface area contributed by atoms with Gasteiger partial charge >= 0.3 is 17.9 Å². The summed E-state index contributed by atoms with van der Waals surface area (Å²) >= 11 is 0. The number of carbonyl (C=O) groups is 3. The van der Waals surface area contributed by atoms with E-state index < -0.39 is 6.10 Å². The second-order valence-corrected chi connectivity index (χ2v) is 17.4. The molecule has 0 N–H and O–H groups in total. The molecule has 0 atom stereocenters. The minimum Gasteiger partial charge on any atom is -0.462 e. The molecule has 0 bridgehead atoms. The largest absolute Gasteiger partial charge is 0.462 e. The predicted molar refractivity (Wildman–Crippen MR) is 261 cm³/mol. The lowest BCUT2D eigenvalue weighted by Gasteiger charge is -2.18. The molecule has 6 nitrogen and oxygen atoms in total. The quantitative estimate of drug-likeness (QED) is 0.0263. The molecule has 6 heteroatoms. The molecule has 0 aromatic carbocycles. The summed E-state index contributed by atoms with van der Waals surface area (Å²) in [5.41, 5.74) is 0. The average Bonchev–Trinajstić information content (AvgIpc) is 3.26. The lowest BCUT2D eigenvalue weighted by molar-refractivity contribution is -0.167. The Balaban J connectivity index is 4.45. The fourth-order valence-corrected chi connectivity index (χ4v) is 7.38. The van der Waals surface area contributed by atoms with Gasteiger partial charge in [0.1, 0.15) is 13.2 Å². The van der Waals surface area contributed by atoms with E-state index in [-0.39, 0.29) is 37.5 Å². The number of hydrogen-bond donors (Lipinski definition) is 0. The molecule has 0 amide bonds. The van der Waals surface area contributed by atoms with Crippen LogP contribution in [0.2, 0.25) is 0 Å². The predicted octanol–water partition coefficient (Wildman–Crippen LogP) is 17.1. The van der Waals surface area contributed by atoms with Crippen LogP contribution in [0.1, 0.15) is 265 Å². The van der Waals surface area contributed by atoms with Gasteiger partial charge in [-0.3, -0.25) is 14.4 Å². The van der Waals surface area contributed by atoms with Gasteiger partial charge in [0.25, 0.3) is 0 Å². The maximum Gasteiger partial charge on any atom is 0.306 e. The van der Waals surface area contributed by atoms with Crippen LogP contribution < -0.4 is 0 Å². The van der Waals surface area contributed by atoms with E-state index in [4.69, 9.17) is 14.2 Å². The Bertz CT molecular complexity index is 1030. The summed E-state index contributed by atoms with van der Waals surface area (Å²) in [4.78, 5) is 37.9. The van der Waals surface area contributed by atoms with E-state index in [2.05, 4.69) is 69.4 Å². The highest BCUT2D eigenvalue weighted by Crippen LogP contribution is 2.15. The zero-order chi connectivity index (χ0) is 44.4. The number of rotatable bonds is 47. The normalized spacial score (nSPS) is 11.9. The van der Waals surface area contributed by atoms with Crippen LogP contribution in [-0.4, -0.2) is 37.2 Å². The summed E-state index contributed by atoms with van der Waals surface area (Å²) in [5, 5.41) is 0. The molecule has 0 saturated heterocycles. The molecule has 0 rings (SSSR count). The summed E-state index contributed by atoms with van der Waals surface area (Å²) in [6, 6.07) is 0. The van der Waals surface area contributed by atoms with Gasteiger partial charge in [-0.25, -0.2) is 0 Å². The van der Waals surface area contributed by atoms with Crippen molar-refractivity contribution in [3.63, 3.8) is 0 Å². The molecule has 0 aliphatic carbocycles. The van der Waals surface area contributed by atoms with Crippen LogP contribution in [0.5, 0.6) is 0 Å². The van der Waals surface area contributed by atoms with E-state index >= 15 is 0 Å². The first-order chi connectivity index (χ1) is 30.0. The minimum absolute atomic E-state index is 0.0911. The highest BCUT2D eigenvalue weighted by Gasteiger charge is 2.19. The average molecular weight is 855 g/mol. The van der Waals surface area contributed by atoms with E-state index in [0.29, 0.717) is 19.3 Å². The fraction of sp³-hybridized carbons (Fsp3) is 0.800. The number of carbonyl (C=O) groups excluding carboxylic acids is 3. The molecule has 0 saturated carbocycles. The molecule has 61 heavy (non-hydrogen) atoms. The fourth-order valence-electron chi connectivity index (χ4n) is 7.38. The first-order valence-corrected chi connectivity index (χ1v) is 26.1. The molecular formula is C55H98O6. The van der Waals surface area contributed by atoms with Crippen molar-refractivity contribution in [3.8, 4) is 0 Å². The molecule has 0 fully saturated rings. The minimum atomic E-state index is -0.796. The molecule has 0 aliphatic rings. The van der Waals surface area contributed by atoms with Gasteiger partial charge in [-0.05, 0) is 57.8 Å². The van der Waals surface area contributed by atoms with E-state index in [0.717, 1.165) is 64.2 Å². The molecule has 0 aromatic rings. The molecule has 0 spiro atoms. The Morgan fingerprint density at radius 3 is 0.967 bits per heavy atom. The monoisotopic (exact) mass is 855 g/mol. The number of allylic oxidation sites excluding steroid dienone is 8. The van der Waals surface area contributed by atoms with E-state index in [1.807, 2.05) is 0 Å². The maximum absolute atomic E-state index is 12.8. The number of hydrogen-bond acceptors (Lipinski definition) is 6. The number of ether oxygens (including phenoxy) is 3. The van der Waals surface area contributed by atoms with Crippen LogP contribution in [-0.2, 0) is 28.6 Å². The van der Waals surface area contributed by atoms with Crippen LogP contribution in [0.15, 0.2) is 48.6 Å². The van der Waals surface area contributed by atoms with Gasteiger partial charge in [0.05, 0.1) is 0 Å². The third kappa shape index (κ3) is 48.3. The third-order valence-corrected chi connectivity index (χ3v) is 11.3. The topological polar surface area (TPSA) is 78.9 Å². The van der Waals surface area contributed by atoms with Crippen LogP contribution in [0.25, 0.3) is 0 Å². The Labute approximate surface area is 378 Å². The molecular weight excluding hydrogens is 757 g/mol. The van der Waals surface area contributed by atoms with E-state index in [1.54, 1.807) is 0 Å². The van der Waals surface area contributed by atoms with Crippen molar-refractivity contribution in [3.05, 3.63) is 48.6 Å². The second-order valence-electron chi connectivity index (χ2n) is 17.4. The SMILES string of the molecule is CCCCC/C=C\C/C=C\C/C=C\C/C=C\CCCC(=O)OC(COC(=O)CCCCCCCCCCCCCCC)COC(=O)CCCCCCCCCCCCCCC. The van der Waals surface area contributed by atoms with Gasteiger partial charge in [0.15, 0.2) is 6.10 Å². The Kier molecular flexibility index (Phi) is 47.9. The Morgan fingerprint density at radius 2 is 0.607 bits per heavy atom. The van der Waals surface area contributed by atoms with Crippen molar-refractivity contribution < 1.29 is 28.6 Å². The van der Waals surface area contributed by atoms with Crippen molar-refractivity contribution in [1.82, 2.24) is 0 Å². The summed E-state index contributed by atoms with van der Waals surface area (Å²) < 4.78 is 16.8. The molecule has 354 valence electrons. The lowest BCUT2D eigenvalue weighted by Crippen LogP contribution is -2.30. The van der Waals surface area contributed by atoms with Crippen LogP contribution in [0, 0.1) is 0 Å². The molecule has 0 aliphatic heterocycles. The highest BCUT2D eigenvalue weighted by molar-refractivity contribution is 5.71. The summed E-state index contributed by atoms with van der Waals surface area (Å²) in [6.07, 6.45) is 59.5. The first-order valence-electron chi connectivity index (χ1n) is 26.1. The first kappa shape index (κ1) is 58.4. The van der Waals surface area contributed by atoms with Gasteiger partial charge in [-0.1, -0.05) is 236 Å². The lowest BCUT2D eigenvalue weighted by atomic mass is 10.0. The Hall–Kier alpha value is -2.63. The standard InChI is InChI=1S/C55H98O6/c1-4-7-10-13-16-19-22-25-26-27-28-31-34-37-40-43-46-49-55(58)61-52(50-59-53(56)47-44-41-38-35-32-29-23-20-17-14-11-8-5-2)51-60-54(57)48-45-42-39-36-33-30-24-21-18-15-12-9-6-3/h16,19,25-26,28,31,37,40,52H,4-15,17-18,20-24,27,29-30,32-36,38-39,41-51H2,1-3H3/b19-16-,26-25-,31-28-,40-37-. The zero-order valence-corrected chi connectivity index (χ0v) is 40.4.